The zero-order valence-corrected chi connectivity index (χ0v) is 23.7. The van der Waals surface area contributed by atoms with Crippen molar-refractivity contribution in [2.45, 2.75) is 5.60 Å². The lowest BCUT2D eigenvalue weighted by Crippen LogP contribution is -2.32. The van der Waals surface area contributed by atoms with E-state index in [1.54, 1.807) is 16.7 Å². The average Bonchev–Trinajstić information content (AvgIpc) is 3.66. The quantitative estimate of drug-likeness (QED) is 0.0903. The molecule has 6 rings (SSSR count). The Morgan fingerprint density at radius 1 is 0.775 bits per heavy atom. The number of carbonyl (C=O) groups excluding carboxylic acids is 1. The van der Waals surface area contributed by atoms with Gasteiger partial charge in [-0.2, -0.15) is 0 Å². The van der Waals surface area contributed by atoms with Gasteiger partial charge in [-0.15, -0.1) is 22.7 Å². The second-order valence-corrected chi connectivity index (χ2v) is 10.7. The molecule has 0 aliphatic rings. The smallest absolute Gasteiger partial charge is 0.240 e. The standard InChI is InChI=1S/C24H19N3O2S2.C7H5NS/c25-23-26-20(16-31-23)21(22(28)30)27-29-24(17-10-4-1-5-11-17,18-12-6-2-7-13-18)19-14-8-3-9-15-19;1-2-4-7-6(3-1)8-5-9-7/h1-16H,(H2,25,26)(H,28,30);1-5H/b27-21-;. The molecule has 0 saturated heterocycles. The predicted octanol–water partition coefficient (Wildman–Crippen LogP) is 7.19. The lowest BCUT2D eigenvalue weighted by molar-refractivity contribution is -0.105. The number of aromatic nitrogens is 2. The van der Waals surface area contributed by atoms with Crippen LogP contribution in [0.1, 0.15) is 22.4 Å². The number of fused-ring (bicyclic) bond motifs is 1. The molecule has 0 atom stereocenters. The molecule has 0 aliphatic carbocycles. The summed E-state index contributed by atoms with van der Waals surface area (Å²) in [5, 5.41) is 5.71. The first kappa shape index (κ1) is 27.3. The average molecular weight is 581 g/mol. The molecule has 0 saturated carbocycles. The van der Waals surface area contributed by atoms with Crippen molar-refractivity contribution in [3.63, 3.8) is 0 Å². The van der Waals surface area contributed by atoms with Crippen LogP contribution in [0.5, 0.6) is 0 Å². The van der Waals surface area contributed by atoms with Gasteiger partial charge in [0.15, 0.2) is 10.8 Å². The molecular formula is C31H24N4O2S3. The minimum absolute atomic E-state index is 0.0107. The summed E-state index contributed by atoms with van der Waals surface area (Å²) in [5.74, 6) is 0. The number of thiazole rings is 2. The third-order valence-electron chi connectivity index (χ3n) is 6.02. The highest BCUT2D eigenvalue weighted by Crippen LogP contribution is 2.40. The molecule has 198 valence electrons. The highest BCUT2D eigenvalue weighted by molar-refractivity contribution is 7.99. The van der Waals surface area contributed by atoms with Crippen LogP contribution in [0.4, 0.5) is 5.13 Å². The minimum atomic E-state index is -1.10. The summed E-state index contributed by atoms with van der Waals surface area (Å²) in [6, 6.07) is 37.4. The molecule has 2 aromatic heterocycles. The van der Waals surface area contributed by atoms with Crippen molar-refractivity contribution in [3.8, 4) is 0 Å². The molecule has 9 heteroatoms. The maximum atomic E-state index is 12.3. The van der Waals surface area contributed by atoms with Gasteiger partial charge in [-0.1, -0.05) is 121 Å². The Kier molecular flexibility index (Phi) is 8.65. The van der Waals surface area contributed by atoms with Crippen LogP contribution in [-0.4, -0.2) is 20.8 Å². The Labute approximate surface area is 245 Å². The van der Waals surface area contributed by atoms with Gasteiger partial charge in [0, 0.05) is 22.1 Å². The van der Waals surface area contributed by atoms with Crippen LogP contribution in [0.2, 0.25) is 0 Å². The van der Waals surface area contributed by atoms with E-state index in [9.17, 15) is 4.79 Å². The van der Waals surface area contributed by atoms with Crippen molar-refractivity contribution in [3.05, 3.63) is 149 Å². The van der Waals surface area contributed by atoms with Crippen LogP contribution in [0.15, 0.2) is 131 Å². The van der Waals surface area contributed by atoms with E-state index >= 15 is 0 Å². The number of oxime groups is 1. The number of nitrogens with zero attached hydrogens (tertiary/aromatic N) is 3. The lowest BCUT2D eigenvalue weighted by Gasteiger charge is -2.33. The van der Waals surface area contributed by atoms with Crippen LogP contribution >= 0.6 is 35.3 Å². The molecule has 0 bridgehead atoms. The number of thiol groups is 1. The second kappa shape index (κ2) is 12.7. The minimum Gasteiger partial charge on any atom is -0.375 e. The van der Waals surface area contributed by atoms with Gasteiger partial charge < -0.3 is 10.6 Å². The van der Waals surface area contributed by atoms with Crippen molar-refractivity contribution in [1.29, 1.82) is 0 Å². The van der Waals surface area contributed by atoms with Crippen molar-refractivity contribution >= 4 is 61.5 Å². The third-order valence-corrected chi connectivity index (χ3v) is 7.71. The van der Waals surface area contributed by atoms with Crippen molar-refractivity contribution in [2.24, 2.45) is 5.16 Å². The highest BCUT2D eigenvalue weighted by atomic mass is 32.1. The van der Waals surface area contributed by atoms with Crippen molar-refractivity contribution in [1.82, 2.24) is 9.97 Å². The number of anilines is 1. The summed E-state index contributed by atoms with van der Waals surface area (Å²) < 4.78 is 1.26. The van der Waals surface area contributed by atoms with Crippen LogP contribution < -0.4 is 5.73 Å². The molecule has 2 N–H and O–H groups in total. The number of nitrogen functional groups attached to an aromatic ring is 1. The molecule has 40 heavy (non-hydrogen) atoms. The molecule has 0 fully saturated rings. The third kappa shape index (κ3) is 5.96. The van der Waals surface area contributed by atoms with Crippen LogP contribution in [0, 0.1) is 0 Å². The number of rotatable bonds is 7. The summed E-state index contributed by atoms with van der Waals surface area (Å²) in [4.78, 5) is 26.9. The fourth-order valence-electron chi connectivity index (χ4n) is 4.19. The first-order chi connectivity index (χ1) is 19.6. The SMILES string of the molecule is Nc1nc(/C(=N/OC(c2ccccc2)(c2ccccc2)c2ccccc2)C(=O)S)cs1.c1ccc2scnc2c1. The largest absolute Gasteiger partial charge is 0.375 e. The van der Waals surface area contributed by atoms with E-state index in [1.807, 2.05) is 115 Å². The molecule has 0 unspecified atom stereocenters. The van der Waals surface area contributed by atoms with E-state index in [1.165, 1.54) is 16.0 Å². The van der Waals surface area contributed by atoms with E-state index in [0.29, 0.717) is 10.8 Å². The van der Waals surface area contributed by atoms with Crippen LogP contribution in [0.25, 0.3) is 10.2 Å². The van der Waals surface area contributed by atoms with Gasteiger partial charge in [0.05, 0.1) is 15.7 Å². The topological polar surface area (TPSA) is 90.5 Å². The molecule has 0 spiro atoms. The Morgan fingerprint density at radius 3 is 1.77 bits per heavy atom. The van der Waals surface area contributed by atoms with Gasteiger partial charge in [-0.25, -0.2) is 9.97 Å². The molecule has 0 aliphatic heterocycles. The van der Waals surface area contributed by atoms with Crippen LogP contribution in [-0.2, 0) is 15.2 Å². The molecule has 4 aromatic carbocycles. The number of hydrogen-bond acceptors (Lipinski definition) is 8. The molecule has 6 aromatic rings. The molecule has 2 heterocycles. The number of hydrogen-bond donors (Lipinski definition) is 2. The second-order valence-electron chi connectivity index (χ2n) is 8.51. The number of nitrogens with two attached hydrogens (primary N) is 1. The summed E-state index contributed by atoms with van der Waals surface area (Å²) in [7, 11) is 0. The zero-order chi connectivity index (χ0) is 27.8. The maximum Gasteiger partial charge on any atom is 0.240 e. The number of carbonyl (C=O) groups is 1. The van der Waals surface area contributed by atoms with Gasteiger partial charge in [0.1, 0.15) is 5.69 Å². The number of benzene rings is 4. The van der Waals surface area contributed by atoms with E-state index in [-0.39, 0.29) is 5.71 Å². The van der Waals surface area contributed by atoms with E-state index < -0.39 is 10.7 Å². The van der Waals surface area contributed by atoms with Gasteiger partial charge in [-0.05, 0) is 12.1 Å². The fraction of sp³-hybridized carbons (Fsp3) is 0.0323. The molecule has 0 radical (unpaired) electrons. The Morgan fingerprint density at radius 2 is 1.30 bits per heavy atom. The van der Waals surface area contributed by atoms with Gasteiger partial charge >= 0.3 is 0 Å². The van der Waals surface area contributed by atoms with Gasteiger partial charge in [0.2, 0.25) is 10.7 Å². The number of para-hydroxylation sites is 1. The Balaban J connectivity index is 0.000000301. The summed E-state index contributed by atoms with van der Waals surface area (Å²) in [6.07, 6.45) is 0. The predicted molar refractivity (Wildman–Crippen MR) is 167 cm³/mol. The first-order valence-electron chi connectivity index (χ1n) is 12.2. The fourth-order valence-corrected chi connectivity index (χ4v) is 5.57. The van der Waals surface area contributed by atoms with E-state index in [0.717, 1.165) is 22.2 Å². The van der Waals surface area contributed by atoms with Crippen LogP contribution in [0.3, 0.4) is 0 Å². The van der Waals surface area contributed by atoms with E-state index in [2.05, 4.69) is 33.8 Å². The molecular weight excluding hydrogens is 557 g/mol. The van der Waals surface area contributed by atoms with Crippen molar-refractivity contribution in [2.75, 3.05) is 5.73 Å². The molecule has 0 amide bonds. The molecule has 6 nitrogen and oxygen atoms in total. The monoisotopic (exact) mass is 580 g/mol. The summed E-state index contributed by atoms with van der Waals surface area (Å²) in [6.45, 7) is 0. The van der Waals surface area contributed by atoms with Crippen molar-refractivity contribution < 1.29 is 9.63 Å². The zero-order valence-electron chi connectivity index (χ0n) is 21.1. The lowest BCUT2D eigenvalue weighted by atomic mass is 9.80. The maximum absolute atomic E-state index is 12.3. The van der Waals surface area contributed by atoms with Gasteiger partial charge in [0.25, 0.3) is 0 Å². The van der Waals surface area contributed by atoms with E-state index in [4.69, 9.17) is 10.6 Å². The Bertz CT molecular complexity index is 1590. The van der Waals surface area contributed by atoms with Gasteiger partial charge in [-0.3, -0.25) is 4.79 Å². The first-order valence-corrected chi connectivity index (χ1v) is 14.4. The summed E-state index contributed by atoms with van der Waals surface area (Å²) >= 11 is 6.87. The summed E-state index contributed by atoms with van der Waals surface area (Å²) in [5.41, 5.74) is 10.5. The normalized spacial score (nSPS) is 11.5. The Hall–Kier alpha value is -4.31. The highest BCUT2D eigenvalue weighted by Gasteiger charge is 2.40.